The molecule has 0 unspecified atom stereocenters. The molecular weight excluding hydrogens is 316 g/mol. The third-order valence-electron chi connectivity index (χ3n) is 3.17. The standard InChI is InChI=1S/C17H17ClN2O3/c1-11(21)19-10-12-3-5-13(6-4-12)17(22)20-15-9-14(18)7-8-16(15)23-2/h3-9H,10H2,1-2H3,(H,19,21)(H,20,22). The summed E-state index contributed by atoms with van der Waals surface area (Å²) >= 11 is 5.94. The molecule has 0 aliphatic heterocycles. The maximum Gasteiger partial charge on any atom is 0.255 e. The van der Waals surface area contributed by atoms with Crippen molar-refractivity contribution >= 4 is 29.1 Å². The predicted molar refractivity (Wildman–Crippen MR) is 89.9 cm³/mol. The summed E-state index contributed by atoms with van der Waals surface area (Å²) < 4.78 is 5.20. The van der Waals surface area contributed by atoms with E-state index in [1.165, 1.54) is 14.0 Å². The number of hydrogen-bond donors (Lipinski definition) is 2. The van der Waals surface area contributed by atoms with E-state index in [0.29, 0.717) is 28.6 Å². The summed E-state index contributed by atoms with van der Waals surface area (Å²) in [6.07, 6.45) is 0. The minimum absolute atomic E-state index is 0.0973. The molecule has 2 amide bonds. The predicted octanol–water partition coefficient (Wildman–Crippen LogP) is 3.24. The van der Waals surface area contributed by atoms with E-state index in [0.717, 1.165) is 5.56 Å². The van der Waals surface area contributed by atoms with Crippen molar-refractivity contribution in [3.05, 3.63) is 58.6 Å². The Kier molecular flexibility index (Phi) is 5.60. The lowest BCUT2D eigenvalue weighted by Gasteiger charge is -2.11. The summed E-state index contributed by atoms with van der Waals surface area (Å²) in [6, 6.07) is 12.0. The van der Waals surface area contributed by atoms with Gasteiger partial charge in [0.1, 0.15) is 5.75 Å². The van der Waals surface area contributed by atoms with Crippen LogP contribution in [0.4, 0.5) is 5.69 Å². The zero-order chi connectivity index (χ0) is 16.8. The van der Waals surface area contributed by atoms with Gasteiger partial charge in [-0.1, -0.05) is 23.7 Å². The molecule has 0 saturated carbocycles. The number of methoxy groups -OCH3 is 1. The van der Waals surface area contributed by atoms with Crippen LogP contribution in [0.3, 0.4) is 0 Å². The van der Waals surface area contributed by atoms with Gasteiger partial charge in [0, 0.05) is 24.1 Å². The van der Waals surface area contributed by atoms with Crippen LogP contribution in [0.2, 0.25) is 5.02 Å². The number of nitrogens with one attached hydrogen (secondary N) is 2. The summed E-state index contributed by atoms with van der Waals surface area (Å²) in [5.41, 5.74) is 1.92. The number of carbonyl (C=O) groups excluding carboxylic acids is 2. The van der Waals surface area contributed by atoms with Crippen molar-refractivity contribution in [1.82, 2.24) is 5.32 Å². The summed E-state index contributed by atoms with van der Waals surface area (Å²) in [5, 5.41) is 5.98. The van der Waals surface area contributed by atoms with Gasteiger partial charge in [-0.05, 0) is 35.9 Å². The van der Waals surface area contributed by atoms with Crippen molar-refractivity contribution in [1.29, 1.82) is 0 Å². The number of ether oxygens (including phenoxy) is 1. The van der Waals surface area contributed by atoms with E-state index in [4.69, 9.17) is 16.3 Å². The van der Waals surface area contributed by atoms with Gasteiger partial charge in [-0.25, -0.2) is 0 Å². The fourth-order valence-electron chi connectivity index (χ4n) is 1.97. The second-order valence-electron chi connectivity index (χ2n) is 4.91. The number of rotatable bonds is 5. The fraction of sp³-hybridized carbons (Fsp3) is 0.176. The molecule has 0 aliphatic rings. The number of carbonyl (C=O) groups is 2. The molecular formula is C17H17ClN2O3. The second kappa shape index (κ2) is 7.65. The molecule has 0 spiro atoms. The topological polar surface area (TPSA) is 67.4 Å². The van der Waals surface area contributed by atoms with E-state index in [9.17, 15) is 9.59 Å². The minimum atomic E-state index is -0.267. The van der Waals surface area contributed by atoms with Crippen molar-refractivity contribution in [3.63, 3.8) is 0 Å². The quantitative estimate of drug-likeness (QED) is 0.883. The highest BCUT2D eigenvalue weighted by Crippen LogP contribution is 2.28. The first-order chi connectivity index (χ1) is 11.0. The third kappa shape index (κ3) is 4.72. The molecule has 0 fully saturated rings. The summed E-state index contributed by atoms with van der Waals surface area (Å²) in [4.78, 5) is 23.2. The van der Waals surface area contributed by atoms with Crippen LogP contribution < -0.4 is 15.4 Å². The largest absolute Gasteiger partial charge is 0.495 e. The zero-order valence-corrected chi connectivity index (χ0v) is 13.6. The van der Waals surface area contributed by atoms with E-state index in [-0.39, 0.29) is 11.8 Å². The Morgan fingerprint density at radius 1 is 1.13 bits per heavy atom. The number of anilines is 1. The Morgan fingerprint density at radius 2 is 1.83 bits per heavy atom. The van der Waals surface area contributed by atoms with Gasteiger partial charge >= 0.3 is 0 Å². The highest BCUT2D eigenvalue weighted by Gasteiger charge is 2.10. The molecule has 2 aromatic carbocycles. The molecule has 0 heterocycles. The molecule has 2 N–H and O–H groups in total. The van der Waals surface area contributed by atoms with Gasteiger partial charge in [0.05, 0.1) is 12.8 Å². The first kappa shape index (κ1) is 16.8. The average molecular weight is 333 g/mol. The first-order valence-corrected chi connectivity index (χ1v) is 7.35. The van der Waals surface area contributed by atoms with Gasteiger partial charge in [-0.3, -0.25) is 9.59 Å². The lowest BCUT2D eigenvalue weighted by atomic mass is 10.1. The van der Waals surface area contributed by atoms with Crippen molar-refractivity contribution in [2.45, 2.75) is 13.5 Å². The molecule has 0 bridgehead atoms. The molecule has 6 heteroatoms. The molecule has 5 nitrogen and oxygen atoms in total. The Morgan fingerprint density at radius 3 is 2.43 bits per heavy atom. The summed E-state index contributed by atoms with van der Waals surface area (Å²) in [7, 11) is 1.52. The normalized spacial score (nSPS) is 10.0. The lowest BCUT2D eigenvalue weighted by Crippen LogP contribution is -2.19. The molecule has 0 radical (unpaired) electrons. The van der Waals surface area contributed by atoms with Crippen LogP contribution in [0, 0.1) is 0 Å². The van der Waals surface area contributed by atoms with Crippen LogP contribution in [-0.2, 0) is 11.3 Å². The highest BCUT2D eigenvalue weighted by molar-refractivity contribution is 6.31. The summed E-state index contributed by atoms with van der Waals surface area (Å²) in [5.74, 6) is 0.168. The van der Waals surface area contributed by atoms with E-state index in [1.54, 1.807) is 42.5 Å². The SMILES string of the molecule is COc1ccc(Cl)cc1NC(=O)c1ccc(CNC(C)=O)cc1. The van der Waals surface area contributed by atoms with E-state index in [1.807, 2.05) is 0 Å². The zero-order valence-electron chi connectivity index (χ0n) is 12.9. The third-order valence-corrected chi connectivity index (χ3v) is 3.40. The van der Waals surface area contributed by atoms with E-state index < -0.39 is 0 Å². The van der Waals surface area contributed by atoms with Gasteiger partial charge in [0.25, 0.3) is 5.91 Å². The molecule has 0 aromatic heterocycles. The fourth-order valence-corrected chi connectivity index (χ4v) is 2.14. The van der Waals surface area contributed by atoms with Gasteiger partial charge in [0.2, 0.25) is 5.91 Å². The highest BCUT2D eigenvalue weighted by atomic mass is 35.5. The molecule has 2 rings (SSSR count). The smallest absolute Gasteiger partial charge is 0.255 e. The van der Waals surface area contributed by atoms with Crippen LogP contribution in [0.15, 0.2) is 42.5 Å². The van der Waals surface area contributed by atoms with Crippen molar-refractivity contribution in [3.8, 4) is 5.75 Å². The van der Waals surface area contributed by atoms with Crippen LogP contribution in [0.1, 0.15) is 22.8 Å². The molecule has 2 aromatic rings. The monoisotopic (exact) mass is 332 g/mol. The molecule has 0 atom stereocenters. The van der Waals surface area contributed by atoms with E-state index in [2.05, 4.69) is 10.6 Å². The lowest BCUT2D eigenvalue weighted by molar-refractivity contribution is -0.119. The Bertz CT molecular complexity index is 714. The minimum Gasteiger partial charge on any atom is -0.495 e. The van der Waals surface area contributed by atoms with Crippen LogP contribution in [0.5, 0.6) is 5.75 Å². The number of hydrogen-bond acceptors (Lipinski definition) is 3. The Labute approximate surface area is 139 Å². The maximum absolute atomic E-state index is 12.3. The molecule has 23 heavy (non-hydrogen) atoms. The molecule has 120 valence electrons. The average Bonchev–Trinajstić information content (AvgIpc) is 2.53. The van der Waals surface area contributed by atoms with Crippen molar-refractivity contribution in [2.75, 3.05) is 12.4 Å². The first-order valence-electron chi connectivity index (χ1n) is 6.98. The second-order valence-corrected chi connectivity index (χ2v) is 5.34. The number of benzene rings is 2. The van der Waals surface area contributed by atoms with Crippen LogP contribution >= 0.6 is 11.6 Å². The Hall–Kier alpha value is -2.53. The Balaban J connectivity index is 2.09. The van der Waals surface area contributed by atoms with Crippen LogP contribution in [0.25, 0.3) is 0 Å². The van der Waals surface area contributed by atoms with Crippen LogP contribution in [-0.4, -0.2) is 18.9 Å². The van der Waals surface area contributed by atoms with Crippen molar-refractivity contribution < 1.29 is 14.3 Å². The summed E-state index contributed by atoms with van der Waals surface area (Å²) in [6.45, 7) is 1.89. The van der Waals surface area contributed by atoms with E-state index >= 15 is 0 Å². The molecule has 0 aliphatic carbocycles. The number of amides is 2. The van der Waals surface area contributed by atoms with Gasteiger partial charge in [0.15, 0.2) is 0 Å². The van der Waals surface area contributed by atoms with Crippen molar-refractivity contribution in [2.24, 2.45) is 0 Å². The maximum atomic E-state index is 12.3. The van der Waals surface area contributed by atoms with Gasteiger partial charge in [-0.15, -0.1) is 0 Å². The number of halogens is 1. The van der Waals surface area contributed by atoms with Gasteiger partial charge in [-0.2, -0.15) is 0 Å². The molecule has 0 saturated heterocycles. The van der Waals surface area contributed by atoms with Gasteiger partial charge < -0.3 is 15.4 Å².